The maximum atomic E-state index is 11.7. The molecule has 0 saturated carbocycles. The molecule has 5 heteroatoms. The fourth-order valence-electron chi connectivity index (χ4n) is 7.72. The van der Waals surface area contributed by atoms with E-state index >= 15 is 0 Å². The molecule has 7 rings (SSSR count). The molecule has 0 aliphatic rings. The van der Waals surface area contributed by atoms with Crippen molar-refractivity contribution >= 4 is 38.5 Å². The molecular formula is C49H50IrNO3-. The van der Waals surface area contributed by atoms with Crippen molar-refractivity contribution < 1.29 is 34.4 Å². The van der Waals surface area contributed by atoms with Crippen molar-refractivity contribution in [2.75, 3.05) is 0 Å². The summed E-state index contributed by atoms with van der Waals surface area (Å²) < 4.78 is 6.16. The van der Waals surface area contributed by atoms with E-state index in [0.717, 1.165) is 53.5 Å². The first-order valence-corrected chi connectivity index (χ1v) is 19.0. The Hall–Kier alpha value is -4.83. The fourth-order valence-corrected chi connectivity index (χ4v) is 7.72. The van der Waals surface area contributed by atoms with Crippen LogP contribution in [0.2, 0.25) is 0 Å². The van der Waals surface area contributed by atoms with E-state index in [-0.39, 0.29) is 43.5 Å². The Labute approximate surface area is 333 Å². The maximum Gasteiger partial charge on any atom is 0.162 e. The van der Waals surface area contributed by atoms with Crippen molar-refractivity contribution in [1.82, 2.24) is 4.98 Å². The van der Waals surface area contributed by atoms with Crippen LogP contribution in [-0.4, -0.2) is 15.9 Å². The molecule has 0 fully saturated rings. The van der Waals surface area contributed by atoms with Gasteiger partial charge >= 0.3 is 0 Å². The second-order valence-corrected chi connectivity index (χ2v) is 14.0. The second-order valence-electron chi connectivity index (χ2n) is 14.0. The summed E-state index contributed by atoms with van der Waals surface area (Å²) in [6.45, 7) is 14.6. The molecule has 2 aromatic heterocycles. The predicted molar refractivity (Wildman–Crippen MR) is 222 cm³/mol. The van der Waals surface area contributed by atoms with Gasteiger partial charge in [0.1, 0.15) is 11.2 Å². The molecule has 0 bridgehead atoms. The first-order chi connectivity index (χ1) is 25.7. The first-order valence-electron chi connectivity index (χ1n) is 19.0. The topological polar surface area (TPSA) is 63.3 Å². The van der Waals surface area contributed by atoms with Gasteiger partial charge in [0, 0.05) is 55.0 Å². The SMILES string of the molecule is CCC(CC)C(=O)/C=C(\O)C(CC)CC.Cc1cccc(C)c1-c1ccnc(-c2[c-]ccc(-c3cccc4c3ccc3oc5ccccc5c34)c2C)c1.[Ir]. The van der Waals surface area contributed by atoms with Gasteiger partial charge in [0.05, 0.1) is 5.76 Å². The Morgan fingerprint density at radius 1 is 0.741 bits per heavy atom. The number of carbonyl (C=O) groups is 1. The average molecular weight is 893 g/mol. The van der Waals surface area contributed by atoms with Crippen LogP contribution in [0.4, 0.5) is 0 Å². The van der Waals surface area contributed by atoms with Crippen LogP contribution >= 0.6 is 0 Å². The van der Waals surface area contributed by atoms with E-state index in [0.29, 0.717) is 0 Å². The maximum absolute atomic E-state index is 11.7. The summed E-state index contributed by atoms with van der Waals surface area (Å²) in [6, 6.07) is 37.5. The Morgan fingerprint density at radius 2 is 1.41 bits per heavy atom. The van der Waals surface area contributed by atoms with Crippen molar-refractivity contribution in [2.24, 2.45) is 11.8 Å². The van der Waals surface area contributed by atoms with Crippen molar-refractivity contribution in [3.63, 3.8) is 0 Å². The molecule has 0 aliphatic carbocycles. The Balaban J connectivity index is 0.000000301. The third-order valence-electron chi connectivity index (χ3n) is 10.8. The first kappa shape index (κ1) is 40.4. The van der Waals surface area contributed by atoms with Crippen LogP contribution in [0, 0.1) is 38.7 Å². The number of aromatic nitrogens is 1. The normalized spacial score (nSPS) is 11.6. The van der Waals surface area contributed by atoms with E-state index in [1.54, 1.807) is 0 Å². The summed E-state index contributed by atoms with van der Waals surface area (Å²) in [6.07, 6.45) is 6.82. The van der Waals surface area contributed by atoms with Crippen LogP contribution in [0.5, 0.6) is 0 Å². The minimum atomic E-state index is 0. The van der Waals surface area contributed by atoms with Crippen LogP contribution in [0.1, 0.15) is 70.1 Å². The van der Waals surface area contributed by atoms with Gasteiger partial charge in [-0.25, -0.2) is 0 Å². The Bertz CT molecular complexity index is 2410. The minimum Gasteiger partial charge on any atom is -0.512 e. The number of ketones is 1. The quantitative estimate of drug-likeness (QED) is 0.0844. The van der Waals surface area contributed by atoms with Crippen LogP contribution in [-0.2, 0) is 24.9 Å². The Kier molecular flexibility index (Phi) is 13.4. The van der Waals surface area contributed by atoms with Gasteiger partial charge in [0.15, 0.2) is 5.78 Å². The largest absolute Gasteiger partial charge is 0.512 e. The number of hydrogen-bond acceptors (Lipinski definition) is 4. The fraction of sp³-hybridized carbons (Fsp3) is 0.265. The van der Waals surface area contributed by atoms with Crippen molar-refractivity contribution in [1.29, 1.82) is 0 Å². The molecule has 54 heavy (non-hydrogen) atoms. The van der Waals surface area contributed by atoms with E-state index in [4.69, 9.17) is 9.40 Å². The van der Waals surface area contributed by atoms with Gasteiger partial charge in [-0.15, -0.1) is 29.3 Å². The molecule has 0 amide bonds. The summed E-state index contributed by atoms with van der Waals surface area (Å²) in [4.78, 5) is 16.5. The number of rotatable bonds is 10. The Morgan fingerprint density at radius 3 is 2.11 bits per heavy atom. The number of benzene rings is 5. The number of aryl methyl sites for hydroxylation is 2. The van der Waals surface area contributed by atoms with Crippen molar-refractivity contribution in [3.8, 4) is 33.5 Å². The van der Waals surface area contributed by atoms with E-state index < -0.39 is 0 Å². The van der Waals surface area contributed by atoms with Crippen LogP contribution in [0.25, 0.3) is 66.2 Å². The molecule has 5 aromatic carbocycles. The average Bonchev–Trinajstić information content (AvgIpc) is 3.55. The predicted octanol–water partition coefficient (Wildman–Crippen LogP) is 13.7. The molecule has 1 N–H and O–H groups in total. The smallest absolute Gasteiger partial charge is 0.162 e. The van der Waals surface area contributed by atoms with Gasteiger partial charge in [-0.2, -0.15) is 0 Å². The summed E-state index contributed by atoms with van der Waals surface area (Å²) in [5.41, 5.74) is 12.4. The van der Waals surface area contributed by atoms with Crippen LogP contribution in [0.3, 0.4) is 0 Å². The third kappa shape index (κ3) is 8.14. The molecule has 0 aliphatic heterocycles. The number of carbonyl (C=O) groups excluding carboxylic acids is 1. The standard InChI is InChI=1S/C36H26NO.C13H24O2.Ir/c1-22-9-6-10-23(2)35(22)25-19-20-37-32(21-25)27-13-7-12-26(24(27)3)28-14-8-15-30-29(28)17-18-34-36(30)31-11-4-5-16-33(31)38-34;1-5-10(6-2)12(14)9-13(15)11(7-3)8-4;/h4-12,14-21H,1-3H3;9-11,14H,5-8H2,1-4H3;/q-1;;/b;12-9-;. The number of aliphatic hydroxyl groups excluding tert-OH is 1. The van der Waals surface area contributed by atoms with Crippen molar-refractivity contribution in [3.05, 3.63) is 138 Å². The van der Waals surface area contributed by atoms with Gasteiger partial charge in [-0.3, -0.25) is 4.79 Å². The molecule has 0 unspecified atom stereocenters. The monoisotopic (exact) mass is 893 g/mol. The number of furan rings is 1. The molecule has 1 radical (unpaired) electrons. The summed E-state index contributed by atoms with van der Waals surface area (Å²) in [5, 5.41) is 14.5. The summed E-state index contributed by atoms with van der Waals surface area (Å²) in [7, 11) is 0. The molecule has 0 atom stereocenters. The second kappa shape index (κ2) is 18.0. The number of fused-ring (bicyclic) bond motifs is 5. The zero-order valence-electron chi connectivity index (χ0n) is 32.4. The third-order valence-corrected chi connectivity index (χ3v) is 10.8. The summed E-state index contributed by atoms with van der Waals surface area (Å²) in [5.74, 6) is 0.547. The van der Waals surface area contributed by atoms with Gasteiger partial charge in [0.25, 0.3) is 0 Å². The number of para-hydroxylation sites is 1. The van der Waals surface area contributed by atoms with E-state index in [9.17, 15) is 9.90 Å². The molecule has 279 valence electrons. The van der Waals surface area contributed by atoms with Gasteiger partial charge < -0.3 is 14.5 Å². The summed E-state index contributed by atoms with van der Waals surface area (Å²) >= 11 is 0. The van der Waals surface area contributed by atoms with Crippen molar-refractivity contribution in [2.45, 2.75) is 74.1 Å². The van der Waals surface area contributed by atoms with Gasteiger partial charge in [-0.1, -0.05) is 107 Å². The molecule has 0 spiro atoms. The zero-order chi connectivity index (χ0) is 37.6. The number of hydrogen-bond donors (Lipinski definition) is 1. The molecule has 2 heterocycles. The van der Waals surface area contributed by atoms with Crippen LogP contribution in [0.15, 0.2) is 120 Å². The van der Waals surface area contributed by atoms with Gasteiger partial charge in [0.2, 0.25) is 0 Å². The minimum absolute atomic E-state index is 0. The molecule has 4 nitrogen and oxygen atoms in total. The van der Waals surface area contributed by atoms with Crippen LogP contribution < -0.4 is 0 Å². The number of pyridine rings is 1. The number of nitrogens with zero attached hydrogens (tertiary/aromatic N) is 1. The van der Waals surface area contributed by atoms with E-state index in [1.807, 2.05) is 52.1 Å². The molecule has 0 saturated heterocycles. The molecular weight excluding hydrogens is 843 g/mol. The zero-order valence-corrected chi connectivity index (χ0v) is 34.8. The van der Waals surface area contributed by atoms with E-state index in [2.05, 4.69) is 106 Å². The number of aliphatic hydroxyl groups is 1. The van der Waals surface area contributed by atoms with E-state index in [1.165, 1.54) is 61.2 Å². The number of allylic oxidation sites excluding steroid dienone is 2. The molecule has 7 aromatic rings. The van der Waals surface area contributed by atoms with Gasteiger partial charge in [-0.05, 0) is 102 Å².